The molecule has 2 rings (SSSR count). The van der Waals surface area contributed by atoms with Crippen molar-refractivity contribution in [2.75, 3.05) is 11.3 Å². The molecule has 0 aliphatic carbocycles. The molecule has 4 N–H and O–H groups in total. The summed E-state index contributed by atoms with van der Waals surface area (Å²) in [5.41, 5.74) is 6.02. The van der Waals surface area contributed by atoms with E-state index in [9.17, 15) is 17.6 Å². The highest BCUT2D eigenvalue weighted by atomic mass is 35.5. The zero-order chi connectivity index (χ0) is 19.5. The summed E-state index contributed by atoms with van der Waals surface area (Å²) >= 11 is 0. The van der Waals surface area contributed by atoms with E-state index in [-0.39, 0.29) is 29.8 Å². The van der Waals surface area contributed by atoms with Crippen LogP contribution in [0.4, 0.5) is 10.1 Å². The second-order valence-corrected chi connectivity index (χ2v) is 8.29. The maximum absolute atomic E-state index is 13.2. The summed E-state index contributed by atoms with van der Waals surface area (Å²) in [6.07, 6.45) is 0. The number of rotatable bonds is 6. The summed E-state index contributed by atoms with van der Waals surface area (Å²) in [6.45, 7) is 5.41. The molecule has 0 aliphatic heterocycles. The first-order valence-corrected chi connectivity index (χ1v) is 9.44. The van der Waals surface area contributed by atoms with Gasteiger partial charge in [0.1, 0.15) is 5.82 Å². The molecule has 0 unspecified atom stereocenters. The molecule has 0 atom stereocenters. The van der Waals surface area contributed by atoms with E-state index in [4.69, 9.17) is 5.73 Å². The van der Waals surface area contributed by atoms with Crippen molar-refractivity contribution in [1.29, 1.82) is 0 Å². The fourth-order valence-corrected chi connectivity index (χ4v) is 3.53. The molecule has 2 aromatic rings. The first-order chi connectivity index (χ1) is 12.0. The van der Waals surface area contributed by atoms with Crippen molar-refractivity contribution in [3.8, 4) is 0 Å². The number of amides is 1. The highest BCUT2D eigenvalue weighted by Crippen LogP contribution is 2.20. The number of carbonyl (C=O) groups excluding carboxylic acids is 1. The Morgan fingerprint density at radius 1 is 1.15 bits per heavy atom. The fraction of sp³-hybridized carbons (Fsp3) is 0.278. The number of hydrogen-bond donors (Lipinski definition) is 3. The van der Waals surface area contributed by atoms with Gasteiger partial charge in [0.05, 0.1) is 4.90 Å². The standard InChI is InChI=1S/C18H22FN3O3S.ClH/c1-12-10-14(19)6-9-16(12)26(24,25)22-15-7-4-13(5-8-15)17(23)21-18(2,3)11-20;/h4-10,22H,11,20H2,1-3H3,(H,21,23);1H. The van der Waals surface area contributed by atoms with Crippen molar-refractivity contribution in [3.63, 3.8) is 0 Å². The Morgan fingerprint density at radius 3 is 2.26 bits per heavy atom. The van der Waals surface area contributed by atoms with Crippen molar-refractivity contribution in [1.82, 2.24) is 5.32 Å². The van der Waals surface area contributed by atoms with Crippen LogP contribution in [0, 0.1) is 12.7 Å². The largest absolute Gasteiger partial charge is 0.346 e. The molecular weight excluding hydrogens is 393 g/mol. The van der Waals surface area contributed by atoms with E-state index in [2.05, 4.69) is 10.0 Å². The van der Waals surface area contributed by atoms with Crippen LogP contribution in [0.3, 0.4) is 0 Å². The normalized spacial score (nSPS) is 11.4. The number of halogens is 2. The van der Waals surface area contributed by atoms with Gasteiger partial charge in [-0.05, 0) is 68.8 Å². The van der Waals surface area contributed by atoms with E-state index in [1.54, 1.807) is 13.8 Å². The number of benzene rings is 2. The minimum Gasteiger partial charge on any atom is -0.346 e. The smallest absolute Gasteiger partial charge is 0.262 e. The third kappa shape index (κ3) is 5.92. The van der Waals surface area contributed by atoms with Crippen molar-refractivity contribution in [2.45, 2.75) is 31.2 Å². The number of hydrogen-bond acceptors (Lipinski definition) is 4. The van der Waals surface area contributed by atoms with E-state index in [0.29, 0.717) is 16.8 Å². The van der Waals surface area contributed by atoms with Crippen LogP contribution in [0.5, 0.6) is 0 Å². The Kier molecular flexibility index (Phi) is 7.36. The van der Waals surface area contributed by atoms with Gasteiger partial charge in [-0.3, -0.25) is 9.52 Å². The summed E-state index contributed by atoms with van der Waals surface area (Å²) in [7, 11) is -3.86. The average Bonchev–Trinajstić information content (AvgIpc) is 2.54. The summed E-state index contributed by atoms with van der Waals surface area (Å²) in [4.78, 5) is 12.2. The predicted molar refractivity (Wildman–Crippen MR) is 106 cm³/mol. The van der Waals surface area contributed by atoms with Gasteiger partial charge in [-0.2, -0.15) is 0 Å². The summed E-state index contributed by atoms with van der Waals surface area (Å²) in [5.74, 6) is -0.804. The third-order valence-electron chi connectivity index (χ3n) is 3.79. The van der Waals surface area contributed by atoms with Crippen LogP contribution in [-0.4, -0.2) is 26.4 Å². The van der Waals surface area contributed by atoms with Gasteiger partial charge in [-0.15, -0.1) is 12.4 Å². The number of aryl methyl sites for hydroxylation is 1. The molecule has 0 aromatic heterocycles. The fourth-order valence-electron chi connectivity index (χ4n) is 2.24. The number of anilines is 1. The van der Waals surface area contributed by atoms with Crippen LogP contribution in [0.2, 0.25) is 0 Å². The molecule has 0 spiro atoms. The Hall–Kier alpha value is -2.16. The van der Waals surface area contributed by atoms with Crippen molar-refractivity contribution < 1.29 is 17.6 Å². The lowest BCUT2D eigenvalue weighted by Crippen LogP contribution is -2.48. The molecule has 0 bridgehead atoms. The molecular formula is C18H23ClFN3O3S. The SMILES string of the molecule is Cc1cc(F)ccc1S(=O)(=O)Nc1ccc(C(=O)NC(C)(C)CN)cc1.Cl. The van der Waals surface area contributed by atoms with Crippen LogP contribution in [0.25, 0.3) is 0 Å². The molecule has 9 heteroatoms. The van der Waals surface area contributed by atoms with Gasteiger partial charge in [0.15, 0.2) is 0 Å². The van der Waals surface area contributed by atoms with Crippen molar-refractivity contribution in [2.24, 2.45) is 5.73 Å². The van der Waals surface area contributed by atoms with Crippen LogP contribution >= 0.6 is 12.4 Å². The predicted octanol–water partition coefficient (Wildman–Crippen LogP) is 2.82. The Bertz CT molecular complexity index is 916. The number of nitrogens with two attached hydrogens (primary N) is 1. The van der Waals surface area contributed by atoms with Gasteiger partial charge >= 0.3 is 0 Å². The lowest BCUT2D eigenvalue weighted by molar-refractivity contribution is 0.0915. The topological polar surface area (TPSA) is 101 Å². The maximum atomic E-state index is 13.2. The van der Waals surface area contributed by atoms with Crippen molar-refractivity contribution >= 4 is 34.0 Å². The molecule has 2 aromatic carbocycles. The Labute approximate surface area is 164 Å². The van der Waals surface area contributed by atoms with Crippen LogP contribution in [0.1, 0.15) is 29.8 Å². The van der Waals surface area contributed by atoms with E-state index in [1.165, 1.54) is 37.3 Å². The Morgan fingerprint density at radius 2 is 1.74 bits per heavy atom. The lowest BCUT2D eigenvalue weighted by atomic mass is 10.1. The quantitative estimate of drug-likeness (QED) is 0.675. The number of carbonyl (C=O) groups is 1. The van der Waals surface area contributed by atoms with E-state index < -0.39 is 21.4 Å². The number of sulfonamides is 1. The van der Waals surface area contributed by atoms with E-state index in [0.717, 1.165) is 12.1 Å². The monoisotopic (exact) mass is 415 g/mol. The molecule has 1 amide bonds. The molecule has 0 heterocycles. The molecule has 0 saturated carbocycles. The molecule has 6 nitrogen and oxygen atoms in total. The highest BCUT2D eigenvalue weighted by Gasteiger charge is 2.20. The molecule has 27 heavy (non-hydrogen) atoms. The zero-order valence-electron chi connectivity index (χ0n) is 15.2. The van der Waals surface area contributed by atoms with Gasteiger partial charge in [-0.25, -0.2) is 12.8 Å². The van der Waals surface area contributed by atoms with Gasteiger partial charge in [0.25, 0.3) is 15.9 Å². The zero-order valence-corrected chi connectivity index (χ0v) is 16.9. The van der Waals surface area contributed by atoms with Gasteiger partial charge in [-0.1, -0.05) is 0 Å². The molecule has 0 saturated heterocycles. The van der Waals surface area contributed by atoms with Crippen LogP contribution in [-0.2, 0) is 10.0 Å². The minimum absolute atomic E-state index is 0. The van der Waals surface area contributed by atoms with Crippen LogP contribution < -0.4 is 15.8 Å². The van der Waals surface area contributed by atoms with E-state index in [1.807, 2.05) is 0 Å². The van der Waals surface area contributed by atoms with Gasteiger partial charge in [0.2, 0.25) is 0 Å². The summed E-state index contributed by atoms with van der Waals surface area (Å²) in [5, 5.41) is 2.79. The second-order valence-electron chi connectivity index (χ2n) is 6.63. The average molecular weight is 416 g/mol. The first-order valence-electron chi connectivity index (χ1n) is 7.96. The van der Waals surface area contributed by atoms with Gasteiger partial charge < -0.3 is 11.1 Å². The minimum atomic E-state index is -3.86. The first kappa shape index (κ1) is 22.9. The third-order valence-corrected chi connectivity index (χ3v) is 5.33. The second kappa shape index (κ2) is 8.69. The number of nitrogens with one attached hydrogen (secondary N) is 2. The maximum Gasteiger partial charge on any atom is 0.262 e. The van der Waals surface area contributed by atoms with Crippen molar-refractivity contribution in [3.05, 3.63) is 59.4 Å². The lowest BCUT2D eigenvalue weighted by Gasteiger charge is -2.24. The molecule has 0 fully saturated rings. The van der Waals surface area contributed by atoms with Gasteiger partial charge in [0, 0.05) is 23.3 Å². The Balaban J connectivity index is 0.00000364. The molecule has 148 valence electrons. The highest BCUT2D eigenvalue weighted by molar-refractivity contribution is 7.92. The summed E-state index contributed by atoms with van der Waals surface area (Å²) < 4.78 is 40.5. The van der Waals surface area contributed by atoms with Crippen LogP contribution in [0.15, 0.2) is 47.4 Å². The van der Waals surface area contributed by atoms with E-state index >= 15 is 0 Å². The summed E-state index contributed by atoms with van der Waals surface area (Å²) in [6, 6.07) is 9.45. The molecule has 0 aliphatic rings. The molecule has 0 radical (unpaired) electrons.